The van der Waals surface area contributed by atoms with Crippen molar-refractivity contribution in [3.05, 3.63) is 0 Å². The summed E-state index contributed by atoms with van der Waals surface area (Å²) in [5.74, 6) is -0.134. The SMILES string of the molecule is C#CC(=O)[O-].[Ag+]. The fourth-order valence-electron chi connectivity index (χ4n) is 0. The minimum atomic E-state index is -1.47. The molecular formula is C3HAgO2. The first-order chi connectivity index (χ1) is 2.27. The van der Waals surface area contributed by atoms with E-state index in [1.165, 1.54) is 5.92 Å². The van der Waals surface area contributed by atoms with Crippen LogP contribution in [0, 0.1) is 12.3 Å². The first-order valence-corrected chi connectivity index (χ1v) is 0.947. The minimum absolute atomic E-state index is 0. The van der Waals surface area contributed by atoms with Crippen LogP contribution in [0.1, 0.15) is 0 Å². The van der Waals surface area contributed by atoms with E-state index in [0.29, 0.717) is 0 Å². The second-order valence-corrected chi connectivity index (χ2v) is 0.432. The second-order valence-electron chi connectivity index (χ2n) is 0.432. The van der Waals surface area contributed by atoms with Crippen molar-refractivity contribution in [2.45, 2.75) is 0 Å². The van der Waals surface area contributed by atoms with E-state index in [1.54, 1.807) is 0 Å². The van der Waals surface area contributed by atoms with Gasteiger partial charge in [-0.05, 0) is 0 Å². The maximum atomic E-state index is 9.02. The van der Waals surface area contributed by atoms with E-state index in [0.717, 1.165) is 0 Å². The predicted octanol–water partition coefficient (Wildman–Crippen LogP) is -1.63. The number of carbonyl (C=O) groups excluding carboxylic acids is 1. The van der Waals surface area contributed by atoms with Gasteiger partial charge in [0.05, 0.1) is 0 Å². The number of aliphatic carboxylic acids is 1. The van der Waals surface area contributed by atoms with Gasteiger partial charge in [-0.25, -0.2) is 0 Å². The van der Waals surface area contributed by atoms with Crippen LogP contribution < -0.4 is 5.11 Å². The summed E-state index contributed by atoms with van der Waals surface area (Å²) in [5, 5.41) is 9.02. The van der Waals surface area contributed by atoms with Crippen molar-refractivity contribution in [3.63, 3.8) is 0 Å². The van der Waals surface area contributed by atoms with Gasteiger partial charge in [0.25, 0.3) is 0 Å². The number of hydrogen-bond acceptors (Lipinski definition) is 2. The molecule has 0 radical (unpaired) electrons. The third kappa shape index (κ3) is 9.23. The molecular weight excluding hydrogens is 176 g/mol. The first kappa shape index (κ1) is 9.24. The quantitative estimate of drug-likeness (QED) is 0.329. The zero-order valence-corrected chi connectivity index (χ0v) is 4.18. The molecule has 0 atom stereocenters. The molecule has 0 aromatic heterocycles. The van der Waals surface area contributed by atoms with Crippen LogP contribution in [0.5, 0.6) is 0 Å². The maximum absolute atomic E-state index is 9.02. The molecule has 0 amide bonds. The molecule has 0 fully saturated rings. The number of carbonyl (C=O) groups is 1. The Hall–Kier alpha value is -0.230. The number of carboxylic acids is 1. The molecule has 0 bridgehead atoms. The molecule has 3 heteroatoms. The van der Waals surface area contributed by atoms with Crippen molar-refractivity contribution in [1.29, 1.82) is 0 Å². The van der Waals surface area contributed by atoms with Crippen molar-refractivity contribution in [2.24, 2.45) is 0 Å². The molecule has 0 aliphatic carbocycles. The largest absolute Gasteiger partial charge is 1.00 e. The molecule has 0 aliphatic heterocycles. The van der Waals surface area contributed by atoms with Crippen LogP contribution in [0.25, 0.3) is 0 Å². The molecule has 0 unspecified atom stereocenters. The van der Waals surface area contributed by atoms with Crippen LogP contribution >= 0.6 is 0 Å². The van der Waals surface area contributed by atoms with Crippen molar-refractivity contribution in [1.82, 2.24) is 0 Å². The monoisotopic (exact) mass is 176 g/mol. The Labute approximate surface area is 51.1 Å². The third-order valence-electron chi connectivity index (χ3n) is 0.118. The smallest absolute Gasteiger partial charge is 0.537 e. The molecule has 6 heavy (non-hydrogen) atoms. The molecule has 0 heterocycles. The Bertz CT molecular complexity index is 81.3. The number of hydrogen-bond donors (Lipinski definition) is 0. The summed E-state index contributed by atoms with van der Waals surface area (Å²) in [7, 11) is 0. The number of carboxylic acid groups (broad SMARTS) is 1. The molecule has 0 saturated carbocycles. The van der Waals surface area contributed by atoms with E-state index in [-0.39, 0.29) is 22.4 Å². The van der Waals surface area contributed by atoms with E-state index in [9.17, 15) is 0 Å². The van der Waals surface area contributed by atoms with Gasteiger partial charge in [-0.2, -0.15) is 0 Å². The summed E-state index contributed by atoms with van der Waals surface area (Å²) >= 11 is 0. The van der Waals surface area contributed by atoms with E-state index in [4.69, 9.17) is 9.90 Å². The summed E-state index contributed by atoms with van der Waals surface area (Å²) in [6.45, 7) is 0. The van der Waals surface area contributed by atoms with Crippen LogP contribution in [0.15, 0.2) is 0 Å². The maximum Gasteiger partial charge on any atom is 1.00 e. The van der Waals surface area contributed by atoms with Gasteiger partial charge in [0.2, 0.25) is 0 Å². The molecule has 0 spiro atoms. The summed E-state index contributed by atoms with van der Waals surface area (Å²) in [6, 6.07) is 0. The normalized spacial score (nSPS) is 4.50. The predicted molar refractivity (Wildman–Crippen MR) is 13.8 cm³/mol. The van der Waals surface area contributed by atoms with E-state index in [1.807, 2.05) is 0 Å². The Kier molecular flexibility index (Phi) is 7.34. The molecule has 0 rings (SSSR count). The van der Waals surface area contributed by atoms with Gasteiger partial charge in [-0.15, -0.1) is 6.42 Å². The summed E-state index contributed by atoms with van der Waals surface area (Å²) in [4.78, 5) is 9.02. The minimum Gasteiger partial charge on any atom is -0.537 e. The molecule has 0 aromatic rings. The Morgan fingerprint density at radius 2 is 2.00 bits per heavy atom. The van der Waals surface area contributed by atoms with E-state index < -0.39 is 5.97 Å². The van der Waals surface area contributed by atoms with Crippen LogP contribution in [-0.2, 0) is 27.2 Å². The number of rotatable bonds is 0. The summed E-state index contributed by atoms with van der Waals surface area (Å²) in [5.41, 5.74) is 0. The molecule has 2 nitrogen and oxygen atoms in total. The van der Waals surface area contributed by atoms with E-state index >= 15 is 0 Å². The van der Waals surface area contributed by atoms with Gasteiger partial charge in [0.1, 0.15) is 5.97 Å². The molecule has 0 N–H and O–H groups in total. The van der Waals surface area contributed by atoms with Crippen LogP contribution in [-0.4, -0.2) is 5.97 Å². The van der Waals surface area contributed by atoms with Gasteiger partial charge in [-0.1, -0.05) is 5.92 Å². The van der Waals surface area contributed by atoms with E-state index in [2.05, 4.69) is 6.42 Å². The fourth-order valence-corrected chi connectivity index (χ4v) is 0. The molecule has 0 saturated heterocycles. The van der Waals surface area contributed by atoms with Gasteiger partial charge in [-0.3, -0.25) is 0 Å². The zero-order valence-electron chi connectivity index (χ0n) is 2.70. The standard InChI is InChI=1S/C3H2O2.Ag/c1-2-3(4)5;/h1H,(H,4,5);/q;+1/p-1. The average molecular weight is 177 g/mol. The van der Waals surface area contributed by atoms with Gasteiger partial charge >= 0.3 is 22.4 Å². The Morgan fingerprint density at radius 1 is 1.83 bits per heavy atom. The van der Waals surface area contributed by atoms with Gasteiger partial charge in [0, 0.05) is 0 Å². The topological polar surface area (TPSA) is 40.1 Å². The van der Waals surface area contributed by atoms with Gasteiger partial charge in [0.15, 0.2) is 0 Å². The van der Waals surface area contributed by atoms with Crippen LogP contribution in [0.4, 0.5) is 0 Å². The van der Waals surface area contributed by atoms with Crippen molar-refractivity contribution >= 4 is 5.97 Å². The Morgan fingerprint density at radius 3 is 2.00 bits per heavy atom. The third-order valence-corrected chi connectivity index (χ3v) is 0.118. The first-order valence-electron chi connectivity index (χ1n) is 0.947. The van der Waals surface area contributed by atoms with Crippen LogP contribution in [0.2, 0.25) is 0 Å². The second kappa shape index (κ2) is 4.77. The zero-order chi connectivity index (χ0) is 4.28. The molecule has 36 valence electrons. The Balaban J connectivity index is 0. The average Bonchev–Trinajstić information content (AvgIpc) is 1.38. The van der Waals surface area contributed by atoms with Crippen molar-refractivity contribution in [3.8, 4) is 12.3 Å². The van der Waals surface area contributed by atoms with Gasteiger partial charge < -0.3 is 9.90 Å². The fraction of sp³-hybridized carbons (Fsp3) is 0. The van der Waals surface area contributed by atoms with Crippen LogP contribution in [0.3, 0.4) is 0 Å². The number of terminal acetylenes is 1. The summed E-state index contributed by atoms with van der Waals surface area (Å²) < 4.78 is 0. The van der Waals surface area contributed by atoms with Crippen molar-refractivity contribution < 1.29 is 32.3 Å². The van der Waals surface area contributed by atoms with Crippen molar-refractivity contribution in [2.75, 3.05) is 0 Å². The summed E-state index contributed by atoms with van der Waals surface area (Å²) in [6.07, 6.45) is 4.26. The molecule has 0 aliphatic rings. The molecule has 0 aromatic carbocycles.